The molecule has 4 rings (SSSR count). The van der Waals surface area contributed by atoms with Crippen molar-refractivity contribution in [3.63, 3.8) is 0 Å². The van der Waals surface area contributed by atoms with Gasteiger partial charge in [0, 0.05) is 31.1 Å². The molecule has 2 N–H and O–H groups in total. The summed E-state index contributed by atoms with van der Waals surface area (Å²) >= 11 is 0. The zero-order chi connectivity index (χ0) is 23.4. The van der Waals surface area contributed by atoms with E-state index in [0.717, 1.165) is 66.6 Å². The first-order valence-electron chi connectivity index (χ1n) is 11.9. The molecule has 1 unspecified atom stereocenters. The molecule has 1 saturated heterocycles. The normalized spacial score (nSPS) is 26.7. The Labute approximate surface area is 195 Å². The van der Waals surface area contributed by atoms with Crippen molar-refractivity contribution >= 4 is 22.4 Å². The number of methoxy groups -OCH3 is 1. The second kappa shape index (κ2) is 10.1. The molecule has 7 nitrogen and oxygen atoms in total. The molecule has 1 atom stereocenters. The number of fused-ring (bicyclic) bond motifs is 1. The maximum atomic E-state index is 12.1. The molecule has 178 valence electrons. The zero-order valence-corrected chi connectivity index (χ0v) is 19.8. The van der Waals surface area contributed by atoms with Gasteiger partial charge in [-0.15, -0.1) is 0 Å². The van der Waals surface area contributed by atoms with Crippen LogP contribution in [0.5, 0.6) is 5.75 Å². The lowest BCUT2D eigenvalue weighted by Crippen LogP contribution is -2.53. The van der Waals surface area contributed by atoms with Crippen LogP contribution in [0.1, 0.15) is 44.1 Å². The highest BCUT2D eigenvalue weighted by Crippen LogP contribution is 2.34. The van der Waals surface area contributed by atoms with Crippen LogP contribution in [0.4, 0.5) is 0 Å². The van der Waals surface area contributed by atoms with E-state index in [4.69, 9.17) is 9.57 Å². The summed E-state index contributed by atoms with van der Waals surface area (Å²) in [6.45, 7) is 1.95. The lowest BCUT2D eigenvalue weighted by atomic mass is 9.79. The number of likely N-dealkylation sites (tertiary alicyclic amines) is 1. The van der Waals surface area contributed by atoms with Gasteiger partial charge in [-0.05, 0) is 74.0 Å². The number of ether oxygens (including phenoxy) is 1. The van der Waals surface area contributed by atoms with Crippen molar-refractivity contribution in [2.45, 2.75) is 50.2 Å². The zero-order valence-electron chi connectivity index (χ0n) is 19.8. The molecular weight excluding hydrogens is 418 g/mol. The van der Waals surface area contributed by atoms with Gasteiger partial charge in [-0.1, -0.05) is 23.4 Å². The van der Waals surface area contributed by atoms with Gasteiger partial charge in [-0.3, -0.25) is 9.69 Å². The first-order chi connectivity index (χ1) is 16.0. The van der Waals surface area contributed by atoms with Crippen molar-refractivity contribution in [1.82, 2.24) is 10.2 Å². The molecule has 2 aromatic carbocycles. The van der Waals surface area contributed by atoms with Crippen LogP contribution in [0.3, 0.4) is 0 Å². The molecule has 2 fully saturated rings. The first-order valence-corrected chi connectivity index (χ1v) is 11.9. The summed E-state index contributed by atoms with van der Waals surface area (Å²) in [5, 5.41) is 20.0. The number of hydrogen-bond donors (Lipinski definition) is 2. The van der Waals surface area contributed by atoms with Gasteiger partial charge < -0.3 is 20.0 Å². The Morgan fingerprint density at radius 3 is 2.55 bits per heavy atom. The number of nitrogens with one attached hydrogen (secondary N) is 1. The number of piperidine rings is 1. The van der Waals surface area contributed by atoms with Crippen LogP contribution in [0.2, 0.25) is 0 Å². The molecule has 0 radical (unpaired) electrons. The van der Waals surface area contributed by atoms with E-state index in [-0.39, 0.29) is 11.8 Å². The Bertz CT molecular complexity index is 1010. The third kappa shape index (κ3) is 4.99. The number of rotatable bonds is 6. The Kier molecular flexibility index (Phi) is 7.20. The molecule has 1 aliphatic carbocycles. The first kappa shape index (κ1) is 23.5. The van der Waals surface area contributed by atoms with E-state index in [1.54, 1.807) is 21.3 Å². The molecule has 7 heteroatoms. The van der Waals surface area contributed by atoms with Gasteiger partial charge >= 0.3 is 0 Å². The maximum absolute atomic E-state index is 12.1. The fraction of sp³-hybridized carbons (Fsp3) is 0.538. The number of oxime groups is 1. The van der Waals surface area contributed by atoms with Crippen LogP contribution < -0.4 is 10.1 Å². The fourth-order valence-corrected chi connectivity index (χ4v) is 5.44. The van der Waals surface area contributed by atoms with Gasteiger partial charge in [-0.25, -0.2) is 0 Å². The van der Waals surface area contributed by atoms with Crippen LogP contribution in [0, 0.1) is 5.92 Å². The van der Waals surface area contributed by atoms with E-state index in [9.17, 15) is 9.90 Å². The fourth-order valence-electron chi connectivity index (χ4n) is 5.44. The van der Waals surface area contributed by atoms with Gasteiger partial charge in [0.1, 0.15) is 18.5 Å². The Morgan fingerprint density at radius 1 is 1.12 bits per heavy atom. The summed E-state index contributed by atoms with van der Waals surface area (Å²) < 4.78 is 5.35. The SMILES string of the molecule is CNC(=O)C1(O)CCC(N2CCCC(/C(=N\OC)c3ccc4cc(OC)ccc4c3)C2)CC1. The molecule has 2 aliphatic rings. The molecule has 33 heavy (non-hydrogen) atoms. The van der Waals surface area contributed by atoms with Crippen LogP contribution in [-0.2, 0) is 9.63 Å². The number of aliphatic hydroxyl groups is 1. The quantitative estimate of drug-likeness (QED) is 0.518. The molecule has 1 heterocycles. The molecular formula is C26H35N3O4. The topological polar surface area (TPSA) is 83.4 Å². The van der Waals surface area contributed by atoms with Crippen LogP contribution in [0.25, 0.3) is 10.8 Å². The van der Waals surface area contributed by atoms with Crippen molar-refractivity contribution in [2.24, 2.45) is 11.1 Å². The Morgan fingerprint density at radius 2 is 1.85 bits per heavy atom. The lowest BCUT2D eigenvalue weighted by Gasteiger charge is -2.43. The molecule has 0 spiro atoms. The molecule has 2 aromatic rings. The third-order valence-corrected chi connectivity index (χ3v) is 7.32. The third-order valence-electron chi connectivity index (χ3n) is 7.32. The van der Waals surface area contributed by atoms with Gasteiger partial charge in [0.25, 0.3) is 5.91 Å². The van der Waals surface area contributed by atoms with Crippen LogP contribution >= 0.6 is 0 Å². The van der Waals surface area contributed by atoms with Gasteiger partial charge in [0.15, 0.2) is 0 Å². The van der Waals surface area contributed by atoms with E-state index in [1.165, 1.54) is 0 Å². The summed E-state index contributed by atoms with van der Waals surface area (Å²) in [6.07, 6.45) is 4.82. The summed E-state index contributed by atoms with van der Waals surface area (Å²) in [6, 6.07) is 12.9. The summed E-state index contributed by atoms with van der Waals surface area (Å²) in [5.74, 6) is 0.856. The number of nitrogens with zero attached hydrogens (tertiary/aromatic N) is 2. The van der Waals surface area contributed by atoms with Crippen LogP contribution in [-0.4, -0.2) is 67.6 Å². The highest BCUT2D eigenvalue weighted by molar-refractivity contribution is 6.05. The number of benzene rings is 2. The second-order valence-electron chi connectivity index (χ2n) is 9.26. The highest BCUT2D eigenvalue weighted by atomic mass is 16.6. The van der Waals surface area contributed by atoms with Crippen LogP contribution in [0.15, 0.2) is 41.6 Å². The largest absolute Gasteiger partial charge is 0.497 e. The van der Waals surface area contributed by atoms with Crippen molar-refractivity contribution in [3.05, 3.63) is 42.0 Å². The van der Waals surface area contributed by atoms with E-state index < -0.39 is 5.60 Å². The molecule has 0 bridgehead atoms. The molecule has 1 aliphatic heterocycles. The summed E-state index contributed by atoms with van der Waals surface area (Å²) in [7, 11) is 4.87. The van der Waals surface area contributed by atoms with E-state index in [0.29, 0.717) is 18.9 Å². The maximum Gasteiger partial charge on any atom is 0.251 e. The van der Waals surface area contributed by atoms with E-state index in [1.807, 2.05) is 12.1 Å². The van der Waals surface area contributed by atoms with E-state index in [2.05, 4.69) is 39.6 Å². The number of carbonyl (C=O) groups is 1. The molecule has 1 amide bonds. The summed E-state index contributed by atoms with van der Waals surface area (Å²) in [5.41, 5.74) is 0.841. The number of hydrogen-bond acceptors (Lipinski definition) is 6. The minimum absolute atomic E-state index is 0.263. The number of likely N-dealkylation sites (N-methyl/N-ethyl adjacent to an activating group) is 1. The van der Waals surface area contributed by atoms with Crippen molar-refractivity contribution in [1.29, 1.82) is 0 Å². The molecule has 0 aromatic heterocycles. The average Bonchev–Trinajstić information content (AvgIpc) is 2.86. The van der Waals surface area contributed by atoms with Crippen molar-refractivity contribution < 1.29 is 19.5 Å². The Balaban J connectivity index is 1.49. The molecule has 1 saturated carbocycles. The Hall–Kier alpha value is -2.64. The average molecular weight is 454 g/mol. The number of carbonyl (C=O) groups excluding carboxylic acids is 1. The summed E-state index contributed by atoms with van der Waals surface area (Å²) in [4.78, 5) is 19.9. The predicted molar refractivity (Wildman–Crippen MR) is 130 cm³/mol. The monoisotopic (exact) mass is 453 g/mol. The van der Waals surface area contributed by atoms with Gasteiger partial charge in [0.2, 0.25) is 0 Å². The standard InChI is InChI=1S/C26H35N3O4/c1-27-25(30)26(31)12-10-22(11-13-26)29-14-4-5-21(17-29)24(28-33-3)20-7-6-19-16-23(32-2)9-8-18(19)15-20/h6-9,15-16,21-22,31H,4-5,10-14,17H2,1-3H3,(H,27,30)/b28-24-. The second-order valence-corrected chi connectivity index (χ2v) is 9.26. The van der Waals surface area contributed by atoms with Gasteiger partial charge in [0.05, 0.1) is 12.8 Å². The van der Waals surface area contributed by atoms with E-state index >= 15 is 0 Å². The minimum atomic E-state index is -1.23. The lowest BCUT2D eigenvalue weighted by molar-refractivity contribution is -0.144. The van der Waals surface area contributed by atoms with Crippen molar-refractivity contribution in [2.75, 3.05) is 34.4 Å². The number of amides is 1. The van der Waals surface area contributed by atoms with Gasteiger partial charge in [-0.2, -0.15) is 0 Å². The van der Waals surface area contributed by atoms with Crippen molar-refractivity contribution in [3.8, 4) is 5.75 Å². The predicted octanol–water partition coefficient (Wildman–Crippen LogP) is 3.33. The minimum Gasteiger partial charge on any atom is -0.497 e. The highest BCUT2D eigenvalue weighted by Gasteiger charge is 2.41. The smallest absolute Gasteiger partial charge is 0.251 e.